The van der Waals surface area contributed by atoms with Crippen LogP contribution >= 0.6 is 0 Å². The summed E-state index contributed by atoms with van der Waals surface area (Å²) in [5.74, 6) is -1.12. The molecule has 1 aromatic rings. The van der Waals surface area contributed by atoms with Crippen molar-refractivity contribution in [3.63, 3.8) is 0 Å². The molecule has 0 heterocycles. The fraction of sp³-hybridized carbons (Fsp3) is 0.438. The van der Waals surface area contributed by atoms with Crippen LogP contribution in [0.4, 0.5) is 4.79 Å². The Kier molecular flexibility index (Phi) is 7.59. The Hall–Kier alpha value is -2.57. The molecule has 1 rings (SSSR count). The molecule has 0 unspecified atom stereocenters. The van der Waals surface area contributed by atoms with Gasteiger partial charge < -0.3 is 21.1 Å². The number of carbonyl (C=O) groups excluding carboxylic acids is 3. The van der Waals surface area contributed by atoms with E-state index in [-0.39, 0.29) is 19.1 Å². The van der Waals surface area contributed by atoms with Crippen molar-refractivity contribution < 1.29 is 19.1 Å². The Bertz CT molecular complexity index is 533. The molecule has 3 amide bonds. The number of nitrogens with two attached hydrogens (primary N) is 1. The Morgan fingerprint density at radius 2 is 1.87 bits per heavy atom. The van der Waals surface area contributed by atoms with Gasteiger partial charge in [-0.05, 0) is 11.5 Å². The highest BCUT2D eigenvalue weighted by Crippen LogP contribution is 2.07. The summed E-state index contributed by atoms with van der Waals surface area (Å²) in [6, 6.07) is 7.67. The van der Waals surface area contributed by atoms with Gasteiger partial charge in [0.2, 0.25) is 5.91 Å². The largest absolute Gasteiger partial charge is 0.460 e. The van der Waals surface area contributed by atoms with E-state index in [0.717, 1.165) is 5.56 Å². The number of urea groups is 1. The van der Waals surface area contributed by atoms with Crippen molar-refractivity contribution in [1.29, 1.82) is 0 Å². The van der Waals surface area contributed by atoms with E-state index < -0.39 is 23.9 Å². The SMILES string of the molecule is CC[C@H](C)[C@H](NC(N)=O)C(=O)NCC(=O)OCc1ccccc1. The maximum Gasteiger partial charge on any atom is 0.325 e. The summed E-state index contributed by atoms with van der Waals surface area (Å²) in [6.45, 7) is 3.58. The number of primary amides is 1. The van der Waals surface area contributed by atoms with Crippen LogP contribution in [-0.2, 0) is 20.9 Å². The number of hydrogen-bond donors (Lipinski definition) is 3. The van der Waals surface area contributed by atoms with E-state index in [9.17, 15) is 14.4 Å². The van der Waals surface area contributed by atoms with Gasteiger partial charge in [-0.1, -0.05) is 50.6 Å². The summed E-state index contributed by atoms with van der Waals surface area (Å²) < 4.78 is 5.06. The maximum atomic E-state index is 12.1. The van der Waals surface area contributed by atoms with Gasteiger partial charge in [-0.3, -0.25) is 9.59 Å². The first kappa shape index (κ1) is 18.5. The van der Waals surface area contributed by atoms with E-state index in [2.05, 4.69) is 10.6 Å². The van der Waals surface area contributed by atoms with Gasteiger partial charge in [0.25, 0.3) is 0 Å². The summed E-state index contributed by atoms with van der Waals surface area (Å²) >= 11 is 0. The first-order valence-electron chi connectivity index (χ1n) is 7.47. The predicted molar refractivity (Wildman–Crippen MR) is 85.2 cm³/mol. The molecule has 4 N–H and O–H groups in total. The highest BCUT2D eigenvalue weighted by molar-refractivity contribution is 5.89. The molecule has 0 aliphatic carbocycles. The van der Waals surface area contributed by atoms with Crippen molar-refractivity contribution in [2.75, 3.05) is 6.54 Å². The van der Waals surface area contributed by atoms with Crippen LogP contribution in [0.15, 0.2) is 30.3 Å². The minimum absolute atomic E-state index is 0.108. The van der Waals surface area contributed by atoms with Crippen LogP contribution in [0.3, 0.4) is 0 Å². The molecular weight excluding hydrogens is 298 g/mol. The quantitative estimate of drug-likeness (QED) is 0.618. The molecule has 2 atom stereocenters. The second-order valence-electron chi connectivity index (χ2n) is 5.24. The molecule has 0 aromatic heterocycles. The van der Waals surface area contributed by atoms with Crippen LogP contribution in [0.1, 0.15) is 25.8 Å². The van der Waals surface area contributed by atoms with E-state index in [1.165, 1.54) is 0 Å². The highest BCUT2D eigenvalue weighted by Gasteiger charge is 2.25. The lowest BCUT2D eigenvalue weighted by atomic mass is 9.98. The third-order valence-electron chi connectivity index (χ3n) is 3.44. The smallest absolute Gasteiger partial charge is 0.325 e. The topological polar surface area (TPSA) is 111 Å². The summed E-state index contributed by atoms with van der Waals surface area (Å²) in [5, 5.41) is 4.84. The molecule has 7 heteroatoms. The zero-order valence-corrected chi connectivity index (χ0v) is 13.4. The fourth-order valence-corrected chi connectivity index (χ4v) is 1.91. The van der Waals surface area contributed by atoms with Crippen molar-refractivity contribution in [3.05, 3.63) is 35.9 Å². The van der Waals surface area contributed by atoms with Crippen molar-refractivity contribution in [2.45, 2.75) is 32.9 Å². The summed E-state index contributed by atoms with van der Waals surface area (Å²) in [6.07, 6.45) is 0.677. The zero-order chi connectivity index (χ0) is 17.2. The summed E-state index contributed by atoms with van der Waals surface area (Å²) in [4.78, 5) is 34.7. The normalized spacial score (nSPS) is 12.8. The third-order valence-corrected chi connectivity index (χ3v) is 3.44. The molecule has 126 valence electrons. The first-order valence-corrected chi connectivity index (χ1v) is 7.47. The van der Waals surface area contributed by atoms with Crippen LogP contribution < -0.4 is 16.4 Å². The second kappa shape index (κ2) is 9.45. The molecule has 0 aliphatic rings. The number of ether oxygens (including phenoxy) is 1. The monoisotopic (exact) mass is 321 g/mol. The van der Waals surface area contributed by atoms with Crippen molar-refractivity contribution in [1.82, 2.24) is 10.6 Å². The number of carbonyl (C=O) groups is 3. The fourth-order valence-electron chi connectivity index (χ4n) is 1.91. The van der Waals surface area contributed by atoms with Gasteiger partial charge in [-0.25, -0.2) is 4.79 Å². The lowest BCUT2D eigenvalue weighted by Crippen LogP contribution is -2.52. The Labute approximate surface area is 135 Å². The number of hydrogen-bond acceptors (Lipinski definition) is 4. The molecule has 0 aliphatic heterocycles. The molecule has 0 saturated heterocycles. The molecule has 0 fully saturated rings. The number of benzene rings is 1. The molecule has 0 bridgehead atoms. The van der Waals surface area contributed by atoms with Crippen molar-refractivity contribution in [2.24, 2.45) is 11.7 Å². The third kappa shape index (κ3) is 6.82. The molecule has 7 nitrogen and oxygen atoms in total. The van der Waals surface area contributed by atoms with Crippen LogP contribution in [0.2, 0.25) is 0 Å². The average molecular weight is 321 g/mol. The second-order valence-corrected chi connectivity index (χ2v) is 5.24. The van der Waals surface area contributed by atoms with Crippen molar-refractivity contribution >= 4 is 17.9 Å². The van der Waals surface area contributed by atoms with E-state index in [1.807, 2.05) is 44.2 Å². The van der Waals surface area contributed by atoms with Gasteiger partial charge in [-0.2, -0.15) is 0 Å². The van der Waals surface area contributed by atoms with Gasteiger partial charge in [0.05, 0.1) is 0 Å². The van der Waals surface area contributed by atoms with Gasteiger partial charge in [0, 0.05) is 0 Å². The highest BCUT2D eigenvalue weighted by atomic mass is 16.5. The van der Waals surface area contributed by atoms with E-state index >= 15 is 0 Å². The molecule has 0 saturated carbocycles. The minimum Gasteiger partial charge on any atom is -0.460 e. The van der Waals surface area contributed by atoms with E-state index in [1.54, 1.807) is 0 Å². The maximum absolute atomic E-state index is 12.1. The minimum atomic E-state index is -0.780. The lowest BCUT2D eigenvalue weighted by molar-refractivity contribution is -0.145. The number of rotatable bonds is 8. The zero-order valence-electron chi connectivity index (χ0n) is 13.4. The molecular formula is C16H23N3O4. The number of esters is 1. The van der Waals surface area contributed by atoms with E-state index in [4.69, 9.17) is 10.5 Å². The Morgan fingerprint density at radius 3 is 2.43 bits per heavy atom. The van der Waals surface area contributed by atoms with Crippen molar-refractivity contribution in [3.8, 4) is 0 Å². The van der Waals surface area contributed by atoms with E-state index in [0.29, 0.717) is 6.42 Å². The molecule has 23 heavy (non-hydrogen) atoms. The first-order chi connectivity index (χ1) is 10.9. The van der Waals surface area contributed by atoms with Crippen LogP contribution in [0.25, 0.3) is 0 Å². The predicted octanol–water partition coefficient (Wildman–Crippen LogP) is 0.929. The molecule has 0 radical (unpaired) electrons. The van der Waals surface area contributed by atoms with Gasteiger partial charge in [0.15, 0.2) is 0 Å². The molecule has 0 spiro atoms. The average Bonchev–Trinajstić information content (AvgIpc) is 2.55. The van der Waals surface area contributed by atoms with Gasteiger partial charge in [0.1, 0.15) is 19.2 Å². The standard InChI is InChI=1S/C16H23N3O4/c1-3-11(2)14(19-16(17)22)15(21)18-9-13(20)23-10-12-7-5-4-6-8-12/h4-8,11,14H,3,9-10H2,1-2H3,(H,18,21)(H3,17,19,22)/t11-,14-/m0/s1. The summed E-state index contributed by atoms with van der Waals surface area (Å²) in [7, 11) is 0. The van der Waals surface area contributed by atoms with Crippen LogP contribution in [-0.4, -0.2) is 30.5 Å². The Balaban J connectivity index is 2.43. The van der Waals surface area contributed by atoms with Gasteiger partial charge >= 0.3 is 12.0 Å². The molecule has 1 aromatic carbocycles. The lowest BCUT2D eigenvalue weighted by Gasteiger charge is -2.22. The Morgan fingerprint density at radius 1 is 1.22 bits per heavy atom. The van der Waals surface area contributed by atoms with Gasteiger partial charge in [-0.15, -0.1) is 0 Å². The van der Waals surface area contributed by atoms with Crippen LogP contribution in [0, 0.1) is 5.92 Å². The number of amides is 3. The van der Waals surface area contributed by atoms with Crippen LogP contribution in [0.5, 0.6) is 0 Å². The summed E-state index contributed by atoms with van der Waals surface area (Å²) in [5.41, 5.74) is 5.93. The number of nitrogens with one attached hydrogen (secondary N) is 2.